The molecule has 0 fully saturated rings. The third-order valence-electron chi connectivity index (χ3n) is 7.54. The summed E-state index contributed by atoms with van der Waals surface area (Å²) >= 11 is 7.06. The lowest BCUT2D eigenvalue weighted by molar-refractivity contribution is -0.105. The fourth-order valence-electron chi connectivity index (χ4n) is 5.36. The topological polar surface area (TPSA) is 3.24 Å². The second kappa shape index (κ2) is 8.81. The number of benzene rings is 4. The van der Waals surface area contributed by atoms with Gasteiger partial charge in [0.1, 0.15) is 0 Å². The smallest absolute Gasteiger partial charge is 0.266 e. The first-order valence-electron chi connectivity index (χ1n) is 11.9. The highest BCUT2D eigenvalue weighted by Crippen LogP contribution is 2.59. The normalized spacial score (nSPS) is 17.0. The van der Waals surface area contributed by atoms with Gasteiger partial charge in [-0.05, 0) is 111 Å². The number of halogens is 4. The summed E-state index contributed by atoms with van der Waals surface area (Å²) < 4.78 is 32.9. The molecule has 0 aromatic heterocycles. The molecule has 0 spiro atoms. The van der Waals surface area contributed by atoms with Crippen LogP contribution in [0.5, 0.6) is 0 Å². The van der Waals surface area contributed by atoms with Crippen molar-refractivity contribution in [3.05, 3.63) is 111 Å². The summed E-state index contributed by atoms with van der Waals surface area (Å²) in [5.74, 6) is -2.84. The van der Waals surface area contributed by atoms with E-state index in [1.165, 1.54) is 0 Å². The largest absolute Gasteiger partial charge is 0.310 e. The molecule has 1 nitrogen and oxygen atoms in total. The monoisotopic (exact) mass is 609 g/mol. The second-order valence-corrected chi connectivity index (χ2v) is 12.3. The zero-order valence-corrected chi connectivity index (χ0v) is 23.8. The molecule has 4 aromatic carbocycles. The molecule has 0 radical (unpaired) electrons. The Kier molecular flexibility index (Phi) is 6.16. The van der Waals surface area contributed by atoms with Crippen LogP contribution in [-0.4, -0.2) is 5.92 Å². The van der Waals surface area contributed by atoms with E-state index in [9.17, 15) is 0 Å². The van der Waals surface area contributed by atoms with E-state index < -0.39 is 16.8 Å². The summed E-state index contributed by atoms with van der Waals surface area (Å²) in [5, 5.41) is 0. The van der Waals surface area contributed by atoms with Crippen LogP contribution in [0.15, 0.2) is 99.9 Å². The van der Waals surface area contributed by atoms with E-state index in [0.717, 1.165) is 48.3 Å². The Morgan fingerprint density at radius 1 is 0.556 bits per heavy atom. The maximum absolute atomic E-state index is 15.4. The van der Waals surface area contributed by atoms with Gasteiger partial charge in [0.15, 0.2) is 0 Å². The van der Waals surface area contributed by atoms with Crippen LogP contribution in [0.2, 0.25) is 0 Å². The molecule has 0 saturated carbocycles. The highest BCUT2D eigenvalue weighted by atomic mass is 79.9. The van der Waals surface area contributed by atoms with Crippen molar-refractivity contribution in [3.63, 3.8) is 0 Å². The van der Waals surface area contributed by atoms with E-state index in [4.69, 9.17) is 0 Å². The van der Waals surface area contributed by atoms with E-state index in [0.29, 0.717) is 0 Å². The summed E-state index contributed by atoms with van der Waals surface area (Å²) in [4.78, 5) is 2.19. The summed E-state index contributed by atoms with van der Waals surface area (Å²) in [6, 6.07) is 30.5. The number of hydrogen-bond donors (Lipinski definition) is 0. The molecular formula is C31H27Br2F2N. The number of rotatable bonds is 4. The van der Waals surface area contributed by atoms with Crippen molar-refractivity contribution in [3.8, 4) is 11.1 Å². The van der Waals surface area contributed by atoms with Crippen LogP contribution in [0.4, 0.5) is 25.8 Å². The van der Waals surface area contributed by atoms with Crippen LogP contribution in [0.3, 0.4) is 0 Å². The number of hydrogen-bond acceptors (Lipinski definition) is 1. The first kappa shape index (κ1) is 25.2. The maximum atomic E-state index is 15.4. The standard InChI is InChI=1S/C31H27Br2F2N/c1-29(2)27-17-8-21(19-28(27)30(3,4)31(29,34)35)20-6-5-7-26(18-20)36(24-13-9-22(32)10-14-24)25-15-11-23(33)12-16-25/h5-19H,1-4H3. The minimum absolute atomic E-state index is 0.720. The van der Waals surface area contributed by atoms with Crippen molar-refractivity contribution >= 4 is 48.9 Å². The van der Waals surface area contributed by atoms with Gasteiger partial charge in [0.25, 0.3) is 5.92 Å². The fraction of sp³-hybridized carbons (Fsp3) is 0.226. The fourth-order valence-corrected chi connectivity index (χ4v) is 5.89. The molecule has 0 unspecified atom stereocenters. The first-order chi connectivity index (χ1) is 16.9. The Bertz CT molecular complexity index is 1380. The lowest BCUT2D eigenvalue weighted by atomic mass is 9.77. The molecule has 36 heavy (non-hydrogen) atoms. The van der Waals surface area contributed by atoms with Gasteiger partial charge in [0.05, 0.1) is 10.8 Å². The summed E-state index contributed by atoms with van der Waals surface area (Å²) in [5.41, 5.74) is 3.93. The molecule has 1 aliphatic rings. The van der Waals surface area contributed by atoms with Crippen molar-refractivity contribution in [2.75, 3.05) is 4.90 Å². The summed E-state index contributed by atoms with van der Waals surface area (Å²) in [7, 11) is 0. The van der Waals surface area contributed by atoms with Crippen LogP contribution in [0, 0.1) is 0 Å². The Balaban J connectivity index is 1.62. The van der Waals surface area contributed by atoms with Gasteiger partial charge in [-0.25, -0.2) is 8.78 Å². The van der Waals surface area contributed by atoms with Gasteiger partial charge in [-0.1, -0.05) is 62.2 Å². The van der Waals surface area contributed by atoms with Crippen molar-refractivity contribution in [1.29, 1.82) is 0 Å². The predicted octanol–water partition coefficient (Wildman–Crippen LogP) is 10.6. The van der Waals surface area contributed by atoms with Gasteiger partial charge in [-0.2, -0.15) is 0 Å². The average molecular weight is 611 g/mol. The highest BCUT2D eigenvalue weighted by molar-refractivity contribution is 9.10. The SMILES string of the molecule is CC1(C)c2ccc(-c3cccc(N(c4ccc(Br)cc4)c4ccc(Br)cc4)c3)cc2C(C)(C)C1(F)F. The van der Waals surface area contributed by atoms with Gasteiger partial charge < -0.3 is 4.90 Å². The van der Waals surface area contributed by atoms with E-state index in [-0.39, 0.29) is 0 Å². The average Bonchev–Trinajstić information content (AvgIpc) is 2.96. The Morgan fingerprint density at radius 2 is 1.06 bits per heavy atom. The van der Waals surface area contributed by atoms with Crippen LogP contribution in [0.25, 0.3) is 11.1 Å². The molecule has 184 valence electrons. The highest BCUT2D eigenvalue weighted by Gasteiger charge is 2.65. The molecule has 0 bridgehead atoms. The molecular weight excluding hydrogens is 584 g/mol. The van der Waals surface area contributed by atoms with Crippen molar-refractivity contribution in [1.82, 2.24) is 0 Å². The van der Waals surface area contributed by atoms with Crippen LogP contribution < -0.4 is 4.90 Å². The van der Waals surface area contributed by atoms with Crippen LogP contribution >= 0.6 is 31.9 Å². The Morgan fingerprint density at radius 3 is 1.61 bits per heavy atom. The minimum Gasteiger partial charge on any atom is -0.310 e. The Hall–Kier alpha value is -2.50. The summed E-state index contributed by atoms with van der Waals surface area (Å²) in [6.07, 6.45) is 0. The maximum Gasteiger partial charge on any atom is 0.266 e. The van der Waals surface area contributed by atoms with Gasteiger partial charge in [0, 0.05) is 26.0 Å². The van der Waals surface area contributed by atoms with E-state index in [1.807, 2.05) is 54.6 Å². The summed E-state index contributed by atoms with van der Waals surface area (Å²) in [6.45, 7) is 6.61. The van der Waals surface area contributed by atoms with Gasteiger partial charge in [-0.3, -0.25) is 0 Å². The van der Waals surface area contributed by atoms with Gasteiger partial charge >= 0.3 is 0 Å². The Labute approximate surface area is 228 Å². The molecule has 0 N–H and O–H groups in total. The molecule has 0 saturated heterocycles. The zero-order valence-electron chi connectivity index (χ0n) is 20.6. The molecule has 0 aliphatic heterocycles. The van der Waals surface area contributed by atoms with Crippen molar-refractivity contribution in [2.24, 2.45) is 0 Å². The number of anilines is 3. The number of nitrogens with zero attached hydrogens (tertiary/aromatic N) is 1. The third kappa shape index (κ3) is 3.92. The first-order valence-corrected chi connectivity index (χ1v) is 13.5. The van der Waals surface area contributed by atoms with Crippen LogP contribution in [-0.2, 0) is 10.8 Å². The molecule has 4 aromatic rings. The minimum atomic E-state index is -2.84. The number of fused-ring (bicyclic) bond motifs is 1. The van der Waals surface area contributed by atoms with Gasteiger partial charge in [0.2, 0.25) is 0 Å². The van der Waals surface area contributed by atoms with Gasteiger partial charge in [-0.15, -0.1) is 0 Å². The van der Waals surface area contributed by atoms with Crippen molar-refractivity contribution < 1.29 is 8.78 Å². The molecule has 5 rings (SSSR count). The number of alkyl halides is 2. The lowest BCUT2D eigenvalue weighted by Crippen LogP contribution is -2.46. The molecule has 0 atom stereocenters. The van der Waals surface area contributed by atoms with E-state index in [1.54, 1.807) is 27.7 Å². The second-order valence-electron chi connectivity index (χ2n) is 10.4. The van der Waals surface area contributed by atoms with E-state index >= 15 is 8.78 Å². The third-order valence-corrected chi connectivity index (χ3v) is 8.60. The zero-order chi connectivity index (χ0) is 25.9. The lowest BCUT2D eigenvalue weighted by Gasteiger charge is -2.35. The van der Waals surface area contributed by atoms with Crippen molar-refractivity contribution in [2.45, 2.75) is 44.4 Å². The molecule has 5 heteroatoms. The molecule has 1 aliphatic carbocycles. The van der Waals surface area contributed by atoms with E-state index in [2.05, 4.69) is 73.2 Å². The van der Waals surface area contributed by atoms with Crippen LogP contribution in [0.1, 0.15) is 38.8 Å². The molecule has 0 amide bonds. The predicted molar refractivity (Wildman–Crippen MR) is 153 cm³/mol. The molecule has 0 heterocycles. The quantitative estimate of drug-likeness (QED) is 0.222.